The third kappa shape index (κ3) is 4.46. The van der Waals surface area contributed by atoms with E-state index in [0.29, 0.717) is 5.69 Å². The van der Waals surface area contributed by atoms with Crippen LogP contribution in [0.1, 0.15) is 0 Å². The summed E-state index contributed by atoms with van der Waals surface area (Å²) >= 11 is 3.34. The van der Waals surface area contributed by atoms with Gasteiger partial charge < -0.3 is 15.5 Å². The Morgan fingerprint density at radius 1 is 1.33 bits per heavy atom. The van der Waals surface area contributed by atoms with Crippen LogP contribution in [-0.2, 0) is 9.59 Å². The van der Waals surface area contributed by atoms with Gasteiger partial charge in [0.15, 0.2) is 0 Å². The van der Waals surface area contributed by atoms with E-state index in [-0.39, 0.29) is 24.9 Å². The Morgan fingerprint density at radius 2 is 2.00 bits per heavy atom. The van der Waals surface area contributed by atoms with E-state index in [9.17, 15) is 9.59 Å². The minimum Gasteiger partial charge on any atom is -0.335 e. The lowest BCUT2D eigenvalue weighted by Gasteiger charge is -2.16. The molecule has 1 rings (SSSR count). The van der Waals surface area contributed by atoms with Crippen LogP contribution in [0.5, 0.6) is 0 Å². The molecule has 1 aromatic rings. The van der Waals surface area contributed by atoms with Gasteiger partial charge in [0, 0.05) is 11.5 Å². The summed E-state index contributed by atoms with van der Waals surface area (Å²) in [5.41, 5.74) is 0.692. The topological polar surface area (TPSA) is 61.4 Å². The molecule has 0 fully saturated rings. The van der Waals surface area contributed by atoms with Crippen molar-refractivity contribution >= 4 is 33.4 Å². The normalized spacial score (nSPS) is 9.94. The maximum atomic E-state index is 11.7. The van der Waals surface area contributed by atoms with Gasteiger partial charge in [0.05, 0.1) is 18.8 Å². The maximum Gasteiger partial charge on any atom is 0.244 e. The number of benzene rings is 1. The molecule has 98 valence electrons. The lowest BCUT2D eigenvalue weighted by Crippen LogP contribution is -2.39. The third-order valence-corrected chi connectivity index (χ3v) is 2.97. The zero-order valence-corrected chi connectivity index (χ0v) is 12.0. The van der Waals surface area contributed by atoms with Crippen molar-refractivity contribution in [3.8, 4) is 0 Å². The fraction of sp³-hybridized carbons (Fsp3) is 0.333. The van der Waals surface area contributed by atoms with E-state index in [4.69, 9.17) is 0 Å². The first-order chi connectivity index (χ1) is 8.54. The summed E-state index contributed by atoms with van der Waals surface area (Å²) in [6.07, 6.45) is 0. The van der Waals surface area contributed by atoms with Crippen molar-refractivity contribution in [3.05, 3.63) is 28.7 Å². The molecule has 18 heavy (non-hydrogen) atoms. The Bertz CT molecular complexity index is 437. The molecule has 0 radical (unpaired) electrons. The lowest BCUT2D eigenvalue weighted by atomic mass is 10.3. The Hall–Kier alpha value is -1.40. The highest BCUT2D eigenvalue weighted by atomic mass is 79.9. The number of amides is 2. The third-order valence-electron chi connectivity index (χ3n) is 2.28. The molecule has 0 atom stereocenters. The zero-order valence-electron chi connectivity index (χ0n) is 10.4. The van der Waals surface area contributed by atoms with Crippen LogP contribution in [0.4, 0.5) is 5.69 Å². The zero-order chi connectivity index (χ0) is 13.5. The number of anilines is 1. The van der Waals surface area contributed by atoms with E-state index in [1.54, 1.807) is 20.2 Å². The molecule has 0 spiro atoms. The second-order valence-electron chi connectivity index (χ2n) is 3.81. The number of nitrogens with one attached hydrogen (secondary N) is 2. The van der Waals surface area contributed by atoms with E-state index in [1.165, 1.54) is 4.90 Å². The number of para-hydroxylation sites is 1. The first-order valence-electron chi connectivity index (χ1n) is 5.47. The average Bonchev–Trinajstić information content (AvgIpc) is 2.32. The van der Waals surface area contributed by atoms with Gasteiger partial charge in [-0.2, -0.15) is 0 Å². The molecule has 0 saturated carbocycles. The summed E-state index contributed by atoms with van der Waals surface area (Å²) in [5.74, 6) is -0.353. The van der Waals surface area contributed by atoms with E-state index < -0.39 is 0 Å². The average molecular weight is 314 g/mol. The fourth-order valence-corrected chi connectivity index (χ4v) is 1.73. The molecule has 5 nitrogen and oxygen atoms in total. The van der Waals surface area contributed by atoms with E-state index in [0.717, 1.165) is 4.47 Å². The highest BCUT2D eigenvalue weighted by Gasteiger charge is 2.12. The predicted octanol–water partition coefficient (Wildman–Crippen LogP) is 1.07. The fourth-order valence-electron chi connectivity index (χ4n) is 1.34. The van der Waals surface area contributed by atoms with Gasteiger partial charge in [-0.3, -0.25) is 9.59 Å². The highest BCUT2D eigenvalue weighted by Crippen LogP contribution is 2.20. The second-order valence-corrected chi connectivity index (χ2v) is 4.66. The summed E-state index contributed by atoms with van der Waals surface area (Å²) in [5, 5.41) is 5.49. The molecule has 0 bridgehead atoms. The van der Waals surface area contributed by atoms with Gasteiger partial charge in [-0.1, -0.05) is 12.1 Å². The Kier molecular flexibility index (Phi) is 5.80. The summed E-state index contributed by atoms with van der Waals surface area (Å²) in [6.45, 7) is 0.251. The van der Waals surface area contributed by atoms with Crippen molar-refractivity contribution in [2.24, 2.45) is 0 Å². The van der Waals surface area contributed by atoms with Crippen molar-refractivity contribution in [1.82, 2.24) is 10.2 Å². The minimum atomic E-state index is -0.228. The number of carbonyl (C=O) groups excluding carboxylic acids is 2. The van der Waals surface area contributed by atoms with Gasteiger partial charge in [0.1, 0.15) is 0 Å². The van der Waals surface area contributed by atoms with Gasteiger partial charge in [0.25, 0.3) is 0 Å². The molecule has 2 amide bonds. The molecule has 0 aliphatic carbocycles. The smallest absolute Gasteiger partial charge is 0.244 e. The second kappa shape index (κ2) is 7.13. The molecule has 6 heteroatoms. The molecule has 0 aromatic heterocycles. The quantitative estimate of drug-likeness (QED) is 0.854. The maximum absolute atomic E-state index is 11.7. The Morgan fingerprint density at radius 3 is 2.61 bits per heavy atom. The SMILES string of the molecule is CNCC(=O)N(C)CC(=O)Nc1ccccc1Br. The van der Waals surface area contributed by atoms with Gasteiger partial charge in [-0.25, -0.2) is 0 Å². The van der Waals surface area contributed by atoms with Crippen LogP contribution in [0.2, 0.25) is 0 Å². The van der Waals surface area contributed by atoms with E-state index in [2.05, 4.69) is 26.6 Å². The summed E-state index contributed by atoms with van der Waals surface area (Å²) in [6, 6.07) is 7.32. The van der Waals surface area contributed by atoms with E-state index >= 15 is 0 Å². The van der Waals surface area contributed by atoms with Crippen molar-refractivity contribution in [2.45, 2.75) is 0 Å². The molecule has 1 aromatic carbocycles. The molecular weight excluding hydrogens is 298 g/mol. The van der Waals surface area contributed by atoms with Gasteiger partial charge in [-0.15, -0.1) is 0 Å². The summed E-state index contributed by atoms with van der Waals surface area (Å²) in [7, 11) is 3.28. The Balaban J connectivity index is 2.52. The first-order valence-corrected chi connectivity index (χ1v) is 6.27. The number of likely N-dealkylation sites (N-methyl/N-ethyl adjacent to an activating group) is 2. The van der Waals surface area contributed by atoms with Crippen LogP contribution in [0.25, 0.3) is 0 Å². The highest BCUT2D eigenvalue weighted by molar-refractivity contribution is 9.10. The number of halogens is 1. The number of carbonyl (C=O) groups is 2. The number of nitrogens with zero attached hydrogens (tertiary/aromatic N) is 1. The first kappa shape index (κ1) is 14.7. The van der Waals surface area contributed by atoms with Gasteiger partial charge in [-0.05, 0) is 35.1 Å². The lowest BCUT2D eigenvalue weighted by molar-refractivity contribution is -0.132. The van der Waals surface area contributed by atoms with Crippen LogP contribution in [0, 0.1) is 0 Å². The molecule has 0 aliphatic heterocycles. The van der Waals surface area contributed by atoms with Crippen LogP contribution < -0.4 is 10.6 Å². The predicted molar refractivity (Wildman–Crippen MR) is 74.3 cm³/mol. The van der Waals surface area contributed by atoms with Crippen molar-refractivity contribution < 1.29 is 9.59 Å². The molecule has 0 heterocycles. The van der Waals surface area contributed by atoms with Crippen LogP contribution in [0.15, 0.2) is 28.7 Å². The standard InChI is InChI=1S/C12H16BrN3O2/c1-14-7-12(18)16(2)8-11(17)15-10-6-4-3-5-9(10)13/h3-6,14H,7-8H2,1-2H3,(H,15,17). The number of rotatable bonds is 5. The monoisotopic (exact) mass is 313 g/mol. The molecular formula is C12H16BrN3O2. The molecule has 0 aliphatic rings. The minimum absolute atomic E-state index is 0.0296. The molecule has 2 N–H and O–H groups in total. The number of hydrogen-bond donors (Lipinski definition) is 2. The van der Waals surface area contributed by atoms with Crippen molar-refractivity contribution in [2.75, 3.05) is 32.5 Å². The van der Waals surface area contributed by atoms with Gasteiger partial charge in [0.2, 0.25) is 11.8 Å². The van der Waals surface area contributed by atoms with Crippen molar-refractivity contribution in [1.29, 1.82) is 0 Å². The molecule has 0 saturated heterocycles. The summed E-state index contributed by atoms with van der Waals surface area (Å²) in [4.78, 5) is 24.6. The van der Waals surface area contributed by atoms with Crippen LogP contribution in [0.3, 0.4) is 0 Å². The van der Waals surface area contributed by atoms with Crippen LogP contribution in [-0.4, -0.2) is 43.9 Å². The largest absolute Gasteiger partial charge is 0.335 e. The van der Waals surface area contributed by atoms with Gasteiger partial charge >= 0.3 is 0 Å². The van der Waals surface area contributed by atoms with Crippen molar-refractivity contribution in [3.63, 3.8) is 0 Å². The Labute approximate surface area is 115 Å². The van der Waals surface area contributed by atoms with E-state index in [1.807, 2.05) is 18.2 Å². The summed E-state index contributed by atoms with van der Waals surface area (Å²) < 4.78 is 0.808. The van der Waals surface area contributed by atoms with Crippen LogP contribution >= 0.6 is 15.9 Å². The molecule has 0 unspecified atom stereocenters. The number of hydrogen-bond acceptors (Lipinski definition) is 3.